The summed E-state index contributed by atoms with van der Waals surface area (Å²) in [6.45, 7) is 3.89. The number of hydrogen-bond donors (Lipinski definition) is 1. The van der Waals surface area contributed by atoms with Crippen molar-refractivity contribution in [3.05, 3.63) is 23.9 Å². The molecular formula is C16H27N3O. The summed E-state index contributed by atoms with van der Waals surface area (Å²) in [7, 11) is 3.85. The predicted molar refractivity (Wildman–Crippen MR) is 81.7 cm³/mol. The molecule has 1 aliphatic rings. The molecule has 1 heterocycles. The van der Waals surface area contributed by atoms with Gasteiger partial charge >= 0.3 is 0 Å². The van der Waals surface area contributed by atoms with E-state index in [1.807, 2.05) is 6.07 Å². The molecular weight excluding hydrogens is 250 g/mol. The minimum absolute atomic E-state index is 0.124. The third-order valence-corrected chi connectivity index (χ3v) is 4.71. The fraction of sp³-hybridized carbons (Fsp3) is 0.688. The van der Waals surface area contributed by atoms with Crippen LogP contribution in [0.3, 0.4) is 0 Å². The lowest BCUT2D eigenvalue weighted by molar-refractivity contribution is 0.0547. The van der Waals surface area contributed by atoms with Crippen molar-refractivity contribution in [1.29, 1.82) is 0 Å². The molecule has 0 amide bonds. The monoisotopic (exact) mass is 277 g/mol. The summed E-state index contributed by atoms with van der Waals surface area (Å²) >= 11 is 0. The van der Waals surface area contributed by atoms with Gasteiger partial charge in [-0.05, 0) is 31.9 Å². The molecule has 4 heteroatoms. The van der Waals surface area contributed by atoms with Crippen molar-refractivity contribution in [1.82, 2.24) is 9.88 Å². The van der Waals surface area contributed by atoms with E-state index in [0.29, 0.717) is 0 Å². The molecule has 0 aliphatic heterocycles. The number of rotatable bonds is 5. The van der Waals surface area contributed by atoms with E-state index in [0.717, 1.165) is 30.5 Å². The van der Waals surface area contributed by atoms with Gasteiger partial charge < -0.3 is 10.5 Å². The molecule has 20 heavy (non-hydrogen) atoms. The van der Waals surface area contributed by atoms with Crippen molar-refractivity contribution >= 4 is 0 Å². The summed E-state index contributed by atoms with van der Waals surface area (Å²) < 4.78 is 5.35. The van der Waals surface area contributed by atoms with Gasteiger partial charge in [-0.2, -0.15) is 0 Å². The van der Waals surface area contributed by atoms with Crippen LogP contribution in [0.2, 0.25) is 0 Å². The summed E-state index contributed by atoms with van der Waals surface area (Å²) in [5.74, 6) is 1.47. The average Bonchev–Trinajstić information content (AvgIpc) is 2.47. The standard InChI is InChI=1S/C16H27N3O/c1-13-6-4-8-16(10-13,12-17)19(2)11-14-7-5-9-18-15(14)20-3/h5,7,9,13H,4,6,8,10-12,17H2,1-3H3. The first-order valence-electron chi connectivity index (χ1n) is 7.50. The van der Waals surface area contributed by atoms with Crippen LogP contribution in [0, 0.1) is 5.92 Å². The Morgan fingerprint density at radius 2 is 2.35 bits per heavy atom. The van der Waals surface area contributed by atoms with Crippen LogP contribution in [0.15, 0.2) is 18.3 Å². The maximum absolute atomic E-state index is 6.14. The summed E-state index contributed by atoms with van der Waals surface area (Å²) in [4.78, 5) is 6.68. The van der Waals surface area contributed by atoms with E-state index >= 15 is 0 Å². The molecule has 0 radical (unpaired) electrons. The van der Waals surface area contributed by atoms with Crippen LogP contribution >= 0.6 is 0 Å². The zero-order valence-corrected chi connectivity index (χ0v) is 12.9. The Bertz CT molecular complexity index is 437. The van der Waals surface area contributed by atoms with Crippen molar-refractivity contribution < 1.29 is 4.74 Å². The van der Waals surface area contributed by atoms with Gasteiger partial charge in [0.1, 0.15) is 0 Å². The smallest absolute Gasteiger partial charge is 0.217 e. The van der Waals surface area contributed by atoms with Crippen LogP contribution < -0.4 is 10.5 Å². The molecule has 2 N–H and O–H groups in total. The van der Waals surface area contributed by atoms with Crippen LogP contribution in [0.5, 0.6) is 5.88 Å². The number of aromatic nitrogens is 1. The fourth-order valence-electron chi connectivity index (χ4n) is 3.47. The number of nitrogens with zero attached hydrogens (tertiary/aromatic N) is 2. The van der Waals surface area contributed by atoms with Crippen molar-refractivity contribution in [2.75, 3.05) is 20.7 Å². The molecule has 2 unspecified atom stereocenters. The Morgan fingerprint density at radius 3 is 3.00 bits per heavy atom. The first-order chi connectivity index (χ1) is 9.61. The lowest BCUT2D eigenvalue weighted by atomic mass is 9.75. The van der Waals surface area contributed by atoms with Gasteiger partial charge in [0.2, 0.25) is 5.88 Å². The molecule has 112 valence electrons. The molecule has 2 rings (SSSR count). The molecule has 1 saturated carbocycles. The predicted octanol–water partition coefficient (Wildman–Crippen LogP) is 2.43. The van der Waals surface area contributed by atoms with Gasteiger partial charge in [-0.3, -0.25) is 4.90 Å². The maximum atomic E-state index is 6.14. The second-order valence-electron chi connectivity index (χ2n) is 6.16. The molecule has 0 bridgehead atoms. The lowest BCUT2D eigenvalue weighted by Gasteiger charge is -2.46. The third-order valence-electron chi connectivity index (χ3n) is 4.71. The van der Waals surface area contributed by atoms with Crippen molar-refractivity contribution in [2.45, 2.75) is 44.7 Å². The minimum atomic E-state index is 0.124. The van der Waals surface area contributed by atoms with Crippen molar-refractivity contribution in [2.24, 2.45) is 11.7 Å². The van der Waals surface area contributed by atoms with E-state index in [1.54, 1.807) is 13.3 Å². The van der Waals surface area contributed by atoms with Crippen LogP contribution in [-0.4, -0.2) is 36.1 Å². The van der Waals surface area contributed by atoms with E-state index < -0.39 is 0 Å². The summed E-state index contributed by atoms with van der Waals surface area (Å²) in [6.07, 6.45) is 6.73. The van der Waals surface area contributed by atoms with Gasteiger partial charge in [-0.25, -0.2) is 4.98 Å². The maximum Gasteiger partial charge on any atom is 0.217 e. The number of nitrogens with two attached hydrogens (primary N) is 1. The fourth-order valence-corrected chi connectivity index (χ4v) is 3.47. The number of hydrogen-bond acceptors (Lipinski definition) is 4. The Morgan fingerprint density at radius 1 is 1.55 bits per heavy atom. The van der Waals surface area contributed by atoms with Gasteiger partial charge in [0.15, 0.2) is 0 Å². The third kappa shape index (κ3) is 3.13. The first-order valence-corrected chi connectivity index (χ1v) is 7.50. The zero-order chi connectivity index (χ0) is 14.6. The van der Waals surface area contributed by atoms with E-state index in [4.69, 9.17) is 10.5 Å². The molecule has 0 spiro atoms. The molecule has 1 aliphatic carbocycles. The molecule has 2 atom stereocenters. The van der Waals surface area contributed by atoms with Crippen LogP contribution in [0.25, 0.3) is 0 Å². The molecule has 1 fully saturated rings. The summed E-state index contributed by atoms with van der Waals surface area (Å²) in [5, 5.41) is 0. The van der Waals surface area contributed by atoms with E-state index in [2.05, 4.69) is 29.9 Å². The Kier molecular flexibility index (Phi) is 5.00. The van der Waals surface area contributed by atoms with Crippen molar-refractivity contribution in [3.8, 4) is 5.88 Å². The highest BCUT2D eigenvalue weighted by atomic mass is 16.5. The minimum Gasteiger partial charge on any atom is -0.481 e. The van der Waals surface area contributed by atoms with E-state index in [-0.39, 0.29) is 5.54 Å². The second-order valence-corrected chi connectivity index (χ2v) is 6.16. The summed E-state index contributed by atoms with van der Waals surface area (Å²) in [6, 6.07) is 4.04. The highest BCUT2D eigenvalue weighted by Gasteiger charge is 2.37. The molecule has 1 aromatic rings. The SMILES string of the molecule is COc1ncccc1CN(C)C1(CN)CCCC(C)C1. The number of pyridine rings is 1. The quantitative estimate of drug-likeness (QED) is 0.898. The van der Waals surface area contributed by atoms with Gasteiger partial charge in [0.25, 0.3) is 0 Å². The van der Waals surface area contributed by atoms with Crippen LogP contribution in [0.1, 0.15) is 38.2 Å². The topological polar surface area (TPSA) is 51.4 Å². The molecule has 0 saturated heterocycles. The Labute approximate surface area is 122 Å². The van der Waals surface area contributed by atoms with Gasteiger partial charge in [0.05, 0.1) is 7.11 Å². The average molecular weight is 277 g/mol. The normalized spacial score (nSPS) is 26.8. The highest BCUT2D eigenvalue weighted by Crippen LogP contribution is 2.36. The Balaban J connectivity index is 2.14. The molecule has 0 aromatic carbocycles. The van der Waals surface area contributed by atoms with E-state index in [9.17, 15) is 0 Å². The lowest BCUT2D eigenvalue weighted by Crippen LogP contribution is -2.54. The van der Waals surface area contributed by atoms with Crippen LogP contribution in [0.4, 0.5) is 0 Å². The van der Waals surface area contributed by atoms with Crippen LogP contribution in [-0.2, 0) is 6.54 Å². The number of methoxy groups -OCH3 is 1. The molecule has 4 nitrogen and oxygen atoms in total. The highest BCUT2D eigenvalue weighted by molar-refractivity contribution is 5.25. The second kappa shape index (κ2) is 6.55. The number of ether oxygens (including phenoxy) is 1. The first kappa shape index (κ1) is 15.3. The van der Waals surface area contributed by atoms with Gasteiger partial charge in [-0.1, -0.05) is 25.8 Å². The molecule has 1 aromatic heterocycles. The van der Waals surface area contributed by atoms with E-state index in [1.165, 1.54) is 25.7 Å². The van der Waals surface area contributed by atoms with Crippen molar-refractivity contribution in [3.63, 3.8) is 0 Å². The summed E-state index contributed by atoms with van der Waals surface area (Å²) in [5.41, 5.74) is 7.39. The number of likely N-dealkylation sites (N-methyl/N-ethyl adjacent to an activating group) is 1. The van der Waals surface area contributed by atoms with Gasteiger partial charge in [0, 0.05) is 30.4 Å². The van der Waals surface area contributed by atoms with Gasteiger partial charge in [-0.15, -0.1) is 0 Å². The largest absolute Gasteiger partial charge is 0.481 e. The zero-order valence-electron chi connectivity index (χ0n) is 12.9. The Hall–Kier alpha value is -1.13.